The van der Waals surface area contributed by atoms with E-state index in [1.165, 1.54) is 43.5 Å². The smallest absolute Gasteiger partial charge is 0.0234 e. The molecule has 3 rings (SSSR count). The molecular formula is C17H26N2. The van der Waals surface area contributed by atoms with Crippen LogP contribution in [0.2, 0.25) is 0 Å². The topological polar surface area (TPSA) is 15.3 Å². The molecule has 2 aliphatic rings. The third-order valence-electron chi connectivity index (χ3n) is 4.37. The zero-order chi connectivity index (χ0) is 13.2. The van der Waals surface area contributed by atoms with Crippen LogP contribution in [0.1, 0.15) is 50.2 Å². The first-order valence-electron chi connectivity index (χ1n) is 7.78. The van der Waals surface area contributed by atoms with Gasteiger partial charge in [-0.15, -0.1) is 0 Å². The first-order valence-corrected chi connectivity index (χ1v) is 7.78. The average Bonchev–Trinajstić information content (AvgIpc) is 3.10. The molecule has 0 aromatic heterocycles. The predicted octanol–water partition coefficient (Wildman–Crippen LogP) is 3.14. The van der Waals surface area contributed by atoms with Crippen molar-refractivity contribution in [3.05, 3.63) is 35.4 Å². The van der Waals surface area contributed by atoms with Crippen LogP contribution in [0.5, 0.6) is 0 Å². The lowest BCUT2D eigenvalue weighted by Crippen LogP contribution is -2.33. The number of benzene rings is 1. The summed E-state index contributed by atoms with van der Waals surface area (Å²) < 4.78 is 0. The minimum Gasteiger partial charge on any atom is -0.310 e. The zero-order valence-electron chi connectivity index (χ0n) is 12.2. The van der Waals surface area contributed by atoms with Crippen molar-refractivity contribution in [3.63, 3.8) is 0 Å². The minimum absolute atomic E-state index is 0.632. The molecular weight excluding hydrogens is 232 g/mol. The van der Waals surface area contributed by atoms with E-state index in [-0.39, 0.29) is 0 Å². The van der Waals surface area contributed by atoms with E-state index in [0.717, 1.165) is 18.6 Å². The molecule has 1 aromatic carbocycles. The Balaban J connectivity index is 1.50. The van der Waals surface area contributed by atoms with Crippen LogP contribution in [0.4, 0.5) is 0 Å². The Morgan fingerprint density at radius 2 is 1.84 bits per heavy atom. The van der Waals surface area contributed by atoms with Crippen LogP contribution in [0.3, 0.4) is 0 Å². The van der Waals surface area contributed by atoms with Crippen molar-refractivity contribution in [3.8, 4) is 0 Å². The molecule has 0 bridgehead atoms. The second-order valence-corrected chi connectivity index (χ2v) is 6.56. The molecule has 1 saturated heterocycles. The van der Waals surface area contributed by atoms with Crippen LogP contribution in [-0.2, 0) is 6.54 Å². The molecule has 1 unspecified atom stereocenters. The van der Waals surface area contributed by atoms with E-state index >= 15 is 0 Å². The normalized spacial score (nSPS) is 24.3. The van der Waals surface area contributed by atoms with E-state index < -0.39 is 0 Å². The second kappa shape index (κ2) is 5.64. The molecule has 2 nitrogen and oxygen atoms in total. The van der Waals surface area contributed by atoms with E-state index in [1.807, 2.05) is 0 Å². The third-order valence-corrected chi connectivity index (χ3v) is 4.37. The first kappa shape index (κ1) is 13.1. The zero-order valence-corrected chi connectivity index (χ0v) is 12.2. The Hall–Kier alpha value is -0.860. The fourth-order valence-corrected chi connectivity index (χ4v) is 2.96. The lowest BCUT2D eigenvalue weighted by Gasteiger charge is -2.17. The maximum Gasteiger partial charge on any atom is 0.0234 e. The van der Waals surface area contributed by atoms with Crippen molar-refractivity contribution in [2.45, 2.75) is 57.7 Å². The average molecular weight is 258 g/mol. The SMILES string of the molecule is CC(C)c1ccc(CN2CCC(NC3CC3)C2)cc1. The van der Waals surface area contributed by atoms with Crippen LogP contribution in [0.25, 0.3) is 0 Å². The first-order chi connectivity index (χ1) is 9.20. The van der Waals surface area contributed by atoms with E-state index in [0.29, 0.717) is 5.92 Å². The number of likely N-dealkylation sites (tertiary alicyclic amines) is 1. The predicted molar refractivity (Wildman–Crippen MR) is 80.4 cm³/mol. The summed E-state index contributed by atoms with van der Waals surface area (Å²) in [5.41, 5.74) is 2.90. The lowest BCUT2D eigenvalue weighted by molar-refractivity contribution is 0.320. The van der Waals surface area contributed by atoms with Crippen molar-refractivity contribution < 1.29 is 0 Å². The standard InChI is InChI=1S/C17H26N2/c1-13(2)15-5-3-14(4-6-15)11-19-10-9-17(12-19)18-16-7-8-16/h3-6,13,16-18H,7-12H2,1-2H3. The number of rotatable bonds is 5. The molecule has 19 heavy (non-hydrogen) atoms. The Labute approximate surface area is 117 Å². The summed E-state index contributed by atoms with van der Waals surface area (Å²) in [6.45, 7) is 8.09. The Morgan fingerprint density at radius 3 is 2.47 bits per heavy atom. The van der Waals surface area contributed by atoms with E-state index in [9.17, 15) is 0 Å². The van der Waals surface area contributed by atoms with Crippen molar-refractivity contribution in [1.82, 2.24) is 10.2 Å². The largest absolute Gasteiger partial charge is 0.310 e. The summed E-state index contributed by atoms with van der Waals surface area (Å²) in [5, 5.41) is 3.75. The van der Waals surface area contributed by atoms with Gasteiger partial charge >= 0.3 is 0 Å². The molecule has 1 aliphatic carbocycles. The van der Waals surface area contributed by atoms with Gasteiger partial charge in [-0.05, 0) is 36.3 Å². The van der Waals surface area contributed by atoms with Gasteiger partial charge in [-0.1, -0.05) is 38.1 Å². The molecule has 2 heteroatoms. The molecule has 104 valence electrons. The minimum atomic E-state index is 0.632. The van der Waals surface area contributed by atoms with E-state index in [1.54, 1.807) is 0 Å². The summed E-state index contributed by atoms with van der Waals surface area (Å²) >= 11 is 0. The Kier molecular flexibility index (Phi) is 3.90. The Bertz CT molecular complexity index is 406. The number of hydrogen-bond acceptors (Lipinski definition) is 2. The van der Waals surface area contributed by atoms with Crippen LogP contribution in [0.15, 0.2) is 24.3 Å². The summed E-state index contributed by atoms with van der Waals surface area (Å²) in [7, 11) is 0. The van der Waals surface area contributed by atoms with Crippen LogP contribution < -0.4 is 5.32 Å². The highest BCUT2D eigenvalue weighted by atomic mass is 15.2. The summed E-state index contributed by atoms with van der Waals surface area (Å²) in [6, 6.07) is 10.8. The molecule has 1 N–H and O–H groups in total. The fraction of sp³-hybridized carbons (Fsp3) is 0.647. The van der Waals surface area contributed by atoms with Crippen molar-refractivity contribution >= 4 is 0 Å². The van der Waals surface area contributed by atoms with Crippen molar-refractivity contribution in [2.24, 2.45) is 0 Å². The highest BCUT2D eigenvalue weighted by Gasteiger charge is 2.28. The summed E-state index contributed by atoms with van der Waals surface area (Å²) in [4.78, 5) is 2.59. The van der Waals surface area contributed by atoms with Gasteiger partial charge in [-0.25, -0.2) is 0 Å². The fourth-order valence-electron chi connectivity index (χ4n) is 2.96. The Morgan fingerprint density at radius 1 is 1.11 bits per heavy atom. The molecule has 1 aromatic rings. The van der Waals surface area contributed by atoms with Gasteiger partial charge in [0.05, 0.1) is 0 Å². The van der Waals surface area contributed by atoms with Gasteiger partial charge in [0.15, 0.2) is 0 Å². The van der Waals surface area contributed by atoms with Gasteiger partial charge < -0.3 is 5.32 Å². The monoisotopic (exact) mass is 258 g/mol. The maximum atomic E-state index is 3.75. The second-order valence-electron chi connectivity index (χ2n) is 6.56. The van der Waals surface area contributed by atoms with Crippen LogP contribution in [-0.4, -0.2) is 30.1 Å². The number of hydrogen-bond donors (Lipinski definition) is 1. The van der Waals surface area contributed by atoms with Crippen LogP contribution in [0, 0.1) is 0 Å². The van der Waals surface area contributed by atoms with Gasteiger partial charge in [0.25, 0.3) is 0 Å². The molecule has 2 fully saturated rings. The van der Waals surface area contributed by atoms with E-state index in [4.69, 9.17) is 0 Å². The molecule has 0 spiro atoms. The summed E-state index contributed by atoms with van der Waals surface area (Å²) in [5.74, 6) is 0.632. The van der Waals surface area contributed by atoms with Crippen LogP contribution >= 0.6 is 0 Å². The lowest BCUT2D eigenvalue weighted by atomic mass is 10.0. The quantitative estimate of drug-likeness (QED) is 0.873. The van der Waals surface area contributed by atoms with Gasteiger partial charge in [-0.3, -0.25) is 4.90 Å². The molecule has 1 heterocycles. The third kappa shape index (κ3) is 3.58. The van der Waals surface area contributed by atoms with Gasteiger partial charge in [0.1, 0.15) is 0 Å². The summed E-state index contributed by atoms with van der Waals surface area (Å²) in [6.07, 6.45) is 4.11. The van der Waals surface area contributed by atoms with Gasteiger partial charge in [0.2, 0.25) is 0 Å². The molecule has 0 radical (unpaired) electrons. The molecule has 1 aliphatic heterocycles. The molecule has 0 amide bonds. The maximum absolute atomic E-state index is 3.75. The van der Waals surface area contributed by atoms with Gasteiger partial charge in [0, 0.05) is 31.7 Å². The highest BCUT2D eigenvalue weighted by Crippen LogP contribution is 2.23. The van der Waals surface area contributed by atoms with Gasteiger partial charge in [-0.2, -0.15) is 0 Å². The van der Waals surface area contributed by atoms with E-state index in [2.05, 4.69) is 48.3 Å². The number of nitrogens with one attached hydrogen (secondary N) is 1. The molecule has 1 saturated carbocycles. The highest BCUT2D eigenvalue weighted by molar-refractivity contribution is 5.24. The van der Waals surface area contributed by atoms with Crippen molar-refractivity contribution in [1.29, 1.82) is 0 Å². The van der Waals surface area contributed by atoms with Crippen molar-refractivity contribution in [2.75, 3.05) is 13.1 Å². The number of nitrogens with zero attached hydrogens (tertiary/aromatic N) is 1. The molecule has 1 atom stereocenters.